The normalized spacial score (nSPS) is 24.9. The van der Waals surface area contributed by atoms with Gasteiger partial charge in [0.2, 0.25) is 0 Å². The first-order valence-corrected chi connectivity index (χ1v) is 3.11. The van der Waals surface area contributed by atoms with Crippen LogP contribution in [-0.4, -0.2) is 17.3 Å². The number of hydrogen-bond acceptors (Lipinski definition) is 2. The molecule has 0 unspecified atom stereocenters. The van der Waals surface area contributed by atoms with Crippen LogP contribution in [-0.2, 0) is 3.07 Å². The second kappa shape index (κ2) is 1.87. The van der Waals surface area contributed by atoms with Crippen LogP contribution in [0.3, 0.4) is 0 Å². The summed E-state index contributed by atoms with van der Waals surface area (Å²) in [6.07, 6.45) is 1.83. The summed E-state index contributed by atoms with van der Waals surface area (Å²) in [6, 6.07) is 0. The predicted molar refractivity (Wildman–Crippen MR) is 34.2 cm³/mol. The van der Waals surface area contributed by atoms with Gasteiger partial charge in [-0.3, -0.25) is 0 Å². The van der Waals surface area contributed by atoms with Gasteiger partial charge in [0.05, 0.1) is 12.2 Å². The summed E-state index contributed by atoms with van der Waals surface area (Å²) in [5.41, 5.74) is -0.429. The minimum atomic E-state index is -0.429. The Hall–Kier alpha value is 0.650. The largest absolute Gasteiger partial charge is 0.387 e. The number of halogens is 1. The topological polar surface area (TPSA) is 29.5 Å². The van der Waals surface area contributed by atoms with Crippen molar-refractivity contribution < 1.29 is 8.17 Å². The third-order valence-corrected chi connectivity index (χ3v) is 1.46. The van der Waals surface area contributed by atoms with E-state index < -0.39 is 5.60 Å². The molecule has 0 aromatic carbocycles. The van der Waals surface area contributed by atoms with Crippen LogP contribution in [0.1, 0.15) is 12.8 Å². The van der Waals surface area contributed by atoms with Crippen LogP contribution >= 0.6 is 23.0 Å². The highest BCUT2D eigenvalue weighted by Gasteiger charge is 2.40. The number of rotatable bonds is 2. The quantitative estimate of drug-likeness (QED) is 0.691. The first kappa shape index (κ1) is 5.78. The summed E-state index contributed by atoms with van der Waals surface area (Å²) >= 11 is 1.79. The van der Waals surface area contributed by atoms with Crippen LogP contribution < -0.4 is 0 Å². The summed E-state index contributed by atoms with van der Waals surface area (Å²) < 4.78 is 4.69. The highest BCUT2D eigenvalue weighted by atomic mass is 127. The molecule has 0 heterocycles. The van der Waals surface area contributed by atoms with Crippen molar-refractivity contribution in [3.8, 4) is 0 Å². The van der Waals surface area contributed by atoms with E-state index >= 15 is 0 Å². The second-order valence-corrected chi connectivity index (χ2v) is 2.60. The predicted octanol–water partition coefficient (Wildman–Crippen LogP) is 0.878. The molecule has 1 fully saturated rings. The maximum Gasteiger partial charge on any atom is 0.109 e. The summed E-state index contributed by atoms with van der Waals surface area (Å²) in [5, 5.41) is 9.00. The Balaban J connectivity index is 2.13. The molecule has 0 radical (unpaired) electrons. The van der Waals surface area contributed by atoms with Gasteiger partial charge in [-0.25, -0.2) is 0 Å². The first-order valence-electron chi connectivity index (χ1n) is 2.23. The molecule has 3 heteroatoms. The van der Waals surface area contributed by atoms with Crippen molar-refractivity contribution in [1.82, 2.24) is 0 Å². The maximum atomic E-state index is 9.00. The zero-order chi connectivity index (χ0) is 5.33. The lowest BCUT2D eigenvalue weighted by atomic mass is 10.4. The van der Waals surface area contributed by atoms with Crippen LogP contribution in [0.5, 0.6) is 0 Å². The lowest BCUT2D eigenvalue weighted by Gasteiger charge is -2.00. The van der Waals surface area contributed by atoms with Crippen LogP contribution in [0.15, 0.2) is 0 Å². The van der Waals surface area contributed by atoms with Crippen LogP contribution in [0.2, 0.25) is 0 Å². The minimum absolute atomic E-state index is 0.429. The molecular weight excluding hydrogens is 207 g/mol. The standard InChI is InChI=1S/C4H7IO2/c5-7-3-4(6)1-2-4/h6H,1-3H2. The Morgan fingerprint density at radius 1 is 1.71 bits per heavy atom. The molecule has 0 aliphatic heterocycles. The van der Waals surface area contributed by atoms with Gasteiger partial charge in [-0.15, -0.1) is 0 Å². The lowest BCUT2D eigenvalue weighted by molar-refractivity contribution is 0.106. The molecule has 0 amide bonds. The van der Waals surface area contributed by atoms with Crippen molar-refractivity contribution in [3.63, 3.8) is 0 Å². The monoisotopic (exact) mass is 214 g/mol. The first-order chi connectivity index (χ1) is 3.27. The van der Waals surface area contributed by atoms with Gasteiger partial charge >= 0.3 is 0 Å². The van der Waals surface area contributed by atoms with E-state index in [9.17, 15) is 0 Å². The zero-order valence-corrected chi connectivity index (χ0v) is 6.01. The van der Waals surface area contributed by atoms with E-state index in [1.165, 1.54) is 0 Å². The molecule has 0 atom stereocenters. The van der Waals surface area contributed by atoms with Crippen molar-refractivity contribution in [2.24, 2.45) is 0 Å². The molecule has 1 saturated carbocycles. The Labute approximate surface area is 56.5 Å². The number of aliphatic hydroxyl groups is 1. The molecule has 0 bridgehead atoms. The van der Waals surface area contributed by atoms with E-state index in [0.29, 0.717) is 6.61 Å². The lowest BCUT2D eigenvalue weighted by Crippen LogP contribution is -2.12. The van der Waals surface area contributed by atoms with E-state index in [2.05, 4.69) is 3.07 Å². The second-order valence-electron chi connectivity index (χ2n) is 1.98. The van der Waals surface area contributed by atoms with E-state index in [-0.39, 0.29) is 0 Å². The summed E-state index contributed by atoms with van der Waals surface area (Å²) in [6.45, 7) is 0.494. The molecule has 2 nitrogen and oxygen atoms in total. The molecule has 0 aromatic rings. The Morgan fingerprint density at radius 2 is 2.29 bits per heavy atom. The third kappa shape index (κ3) is 1.54. The fourth-order valence-electron chi connectivity index (χ4n) is 0.390. The molecule has 1 N–H and O–H groups in total. The zero-order valence-electron chi connectivity index (χ0n) is 3.85. The van der Waals surface area contributed by atoms with Crippen molar-refractivity contribution in [1.29, 1.82) is 0 Å². The van der Waals surface area contributed by atoms with Gasteiger partial charge in [-0.1, -0.05) is 0 Å². The van der Waals surface area contributed by atoms with Gasteiger partial charge in [0.25, 0.3) is 0 Å². The van der Waals surface area contributed by atoms with Gasteiger partial charge in [0.1, 0.15) is 23.0 Å². The molecule has 0 aromatic heterocycles. The van der Waals surface area contributed by atoms with Crippen LogP contribution in [0.4, 0.5) is 0 Å². The summed E-state index contributed by atoms with van der Waals surface area (Å²) in [4.78, 5) is 0. The van der Waals surface area contributed by atoms with Gasteiger partial charge in [0, 0.05) is 0 Å². The molecule has 0 spiro atoms. The third-order valence-electron chi connectivity index (χ3n) is 1.15. The highest BCUT2D eigenvalue weighted by molar-refractivity contribution is 14.1. The van der Waals surface area contributed by atoms with Gasteiger partial charge in [-0.05, 0) is 12.8 Å². The Kier molecular flexibility index (Phi) is 1.55. The summed E-state index contributed by atoms with van der Waals surface area (Å²) in [5.74, 6) is 0. The minimum Gasteiger partial charge on any atom is -0.387 e. The van der Waals surface area contributed by atoms with E-state index in [0.717, 1.165) is 12.8 Å². The molecule has 1 aliphatic rings. The molecule has 7 heavy (non-hydrogen) atoms. The SMILES string of the molecule is OC1(COI)CC1. The van der Waals surface area contributed by atoms with Crippen molar-refractivity contribution in [3.05, 3.63) is 0 Å². The summed E-state index contributed by atoms with van der Waals surface area (Å²) in [7, 11) is 0. The Bertz CT molecular complexity index is 70.1. The van der Waals surface area contributed by atoms with E-state index in [4.69, 9.17) is 5.11 Å². The van der Waals surface area contributed by atoms with Gasteiger partial charge in [0.15, 0.2) is 0 Å². The smallest absolute Gasteiger partial charge is 0.109 e. The van der Waals surface area contributed by atoms with Gasteiger partial charge in [-0.2, -0.15) is 0 Å². The Morgan fingerprint density at radius 3 is 2.43 bits per heavy atom. The molecular formula is C4H7IO2. The van der Waals surface area contributed by atoms with Crippen LogP contribution in [0.25, 0.3) is 0 Å². The fraction of sp³-hybridized carbons (Fsp3) is 1.00. The number of hydrogen-bond donors (Lipinski definition) is 1. The van der Waals surface area contributed by atoms with Crippen molar-refractivity contribution >= 4 is 23.0 Å². The van der Waals surface area contributed by atoms with Crippen molar-refractivity contribution in [2.45, 2.75) is 18.4 Å². The molecule has 0 saturated heterocycles. The van der Waals surface area contributed by atoms with Crippen LogP contribution in [0, 0.1) is 0 Å². The van der Waals surface area contributed by atoms with E-state index in [1.807, 2.05) is 0 Å². The molecule has 42 valence electrons. The average molecular weight is 214 g/mol. The van der Waals surface area contributed by atoms with Gasteiger partial charge < -0.3 is 8.17 Å². The van der Waals surface area contributed by atoms with Crippen molar-refractivity contribution in [2.75, 3.05) is 6.61 Å². The average Bonchev–Trinajstić information content (AvgIpc) is 2.22. The fourth-order valence-corrected chi connectivity index (χ4v) is 0.970. The van der Waals surface area contributed by atoms with E-state index in [1.54, 1.807) is 23.0 Å². The highest BCUT2D eigenvalue weighted by Crippen LogP contribution is 2.35. The molecule has 1 rings (SSSR count). The maximum absolute atomic E-state index is 9.00. The molecule has 1 aliphatic carbocycles.